The highest BCUT2D eigenvalue weighted by atomic mass is 32.2. The molecule has 6 heteroatoms. The van der Waals surface area contributed by atoms with Crippen molar-refractivity contribution in [3.05, 3.63) is 17.0 Å². The van der Waals surface area contributed by atoms with Gasteiger partial charge in [0.25, 0.3) is 10.0 Å². The average Bonchev–Trinajstić information content (AvgIpc) is 3.14. The summed E-state index contributed by atoms with van der Waals surface area (Å²) in [6, 6.07) is 3.65. The van der Waals surface area contributed by atoms with Crippen LogP contribution in [-0.4, -0.2) is 27.0 Å². The Kier molecular flexibility index (Phi) is 5.46. The van der Waals surface area contributed by atoms with Crippen molar-refractivity contribution in [1.82, 2.24) is 10.0 Å². The minimum Gasteiger partial charge on any atom is -0.316 e. The molecule has 21 heavy (non-hydrogen) atoms. The van der Waals surface area contributed by atoms with E-state index in [2.05, 4.69) is 17.0 Å². The molecule has 1 saturated carbocycles. The molecule has 1 heterocycles. The van der Waals surface area contributed by atoms with Gasteiger partial charge >= 0.3 is 0 Å². The second kappa shape index (κ2) is 6.77. The van der Waals surface area contributed by atoms with Crippen molar-refractivity contribution in [3.8, 4) is 0 Å². The number of sulfonamides is 1. The Morgan fingerprint density at radius 1 is 1.29 bits per heavy atom. The fourth-order valence-corrected chi connectivity index (χ4v) is 5.26. The minimum atomic E-state index is -3.39. The summed E-state index contributed by atoms with van der Waals surface area (Å²) in [4.78, 5) is 1.11. The van der Waals surface area contributed by atoms with Gasteiger partial charge in [-0.1, -0.05) is 6.92 Å². The quantitative estimate of drug-likeness (QED) is 0.685. The summed E-state index contributed by atoms with van der Waals surface area (Å²) in [6.45, 7) is 8.00. The number of rotatable bonds is 9. The lowest BCUT2D eigenvalue weighted by Gasteiger charge is -2.25. The lowest BCUT2D eigenvalue weighted by atomic mass is 10.0. The zero-order valence-corrected chi connectivity index (χ0v) is 14.7. The van der Waals surface area contributed by atoms with E-state index in [1.165, 1.54) is 11.3 Å². The van der Waals surface area contributed by atoms with Crippen LogP contribution in [0, 0.1) is 5.92 Å². The van der Waals surface area contributed by atoms with Crippen LogP contribution in [-0.2, 0) is 16.4 Å². The van der Waals surface area contributed by atoms with Crippen molar-refractivity contribution in [2.45, 2.75) is 56.2 Å². The van der Waals surface area contributed by atoms with Crippen molar-refractivity contribution in [2.75, 3.05) is 13.1 Å². The van der Waals surface area contributed by atoms with Gasteiger partial charge < -0.3 is 5.32 Å². The summed E-state index contributed by atoms with van der Waals surface area (Å²) in [5, 5.41) is 3.33. The molecular weight excluding hydrogens is 304 g/mol. The van der Waals surface area contributed by atoms with E-state index < -0.39 is 10.0 Å². The van der Waals surface area contributed by atoms with Crippen molar-refractivity contribution >= 4 is 21.4 Å². The number of nitrogens with one attached hydrogen (secondary N) is 2. The predicted molar refractivity (Wildman–Crippen MR) is 88.3 cm³/mol. The van der Waals surface area contributed by atoms with E-state index in [1.807, 2.05) is 19.9 Å². The SMILES string of the molecule is CCCNCCc1ccc(S(=O)(=O)NC(C)(C)C2CC2)s1. The first-order chi connectivity index (χ1) is 9.85. The van der Waals surface area contributed by atoms with Gasteiger partial charge in [-0.05, 0) is 70.7 Å². The van der Waals surface area contributed by atoms with Gasteiger partial charge in [0, 0.05) is 10.4 Å². The highest BCUT2D eigenvalue weighted by Crippen LogP contribution is 2.40. The normalized spacial score (nSPS) is 16.3. The molecule has 0 aliphatic heterocycles. The molecule has 1 fully saturated rings. The molecule has 0 amide bonds. The van der Waals surface area contributed by atoms with Gasteiger partial charge in [-0.25, -0.2) is 13.1 Å². The second-order valence-electron chi connectivity index (χ2n) is 6.32. The van der Waals surface area contributed by atoms with Gasteiger partial charge in [0.05, 0.1) is 0 Å². The zero-order chi connectivity index (χ0) is 15.5. The smallest absolute Gasteiger partial charge is 0.250 e. The third-order valence-electron chi connectivity index (χ3n) is 3.87. The molecule has 0 spiro atoms. The standard InChI is InChI=1S/C15H26N2O2S2/c1-4-10-16-11-9-13-7-8-14(20-13)21(18,19)17-15(2,3)12-5-6-12/h7-8,12,16-17H,4-6,9-11H2,1-3H3. The Balaban J connectivity index is 1.95. The van der Waals surface area contributed by atoms with Crippen LogP contribution in [0.4, 0.5) is 0 Å². The van der Waals surface area contributed by atoms with Crippen LogP contribution in [0.2, 0.25) is 0 Å². The molecule has 0 atom stereocenters. The van der Waals surface area contributed by atoms with Gasteiger partial charge in [0.15, 0.2) is 0 Å². The summed E-state index contributed by atoms with van der Waals surface area (Å²) in [5.74, 6) is 0.477. The van der Waals surface area contributed by atoms with E-state index in [1.54, 1.807) is 6.07 Å². The highest BCUT2D eigenvalue weighted by molar-refractivity contribution is 7.91. The molecule has 0 radical (unpaired) electrons. The minimum absolute atomic E-state index is 0.342. The molecule has 4 nitrogen and oxygen atoms in total. The van der Waals surface area contributed by atoms with E-state index in [9.17, 15) is 8.42 Å². The molecule has 2 N–H and O–H groups in total. The number of hydrogen-bond acceptors (Lipinski definition) is 4. The van der Waals surface area contributed by atoms with Crippen molar-refractivity contribution in [1.29, 1.82) is 0 Å². The van der Waals surface area contributed by atoms with E-state index in [4.69, 9.17) is 0 Å². The first-order valence-electron chi connectivity index (χ1n) is 7.68. The molecule has 120 valence electrons. The van der Waals surface area contributed by atoms with Crippen LogP contribution < -0.4 is 10.0 Å². The largest absolute Gasteiger partial charge is 0.316 e. The van der Waals surface area contributed by atoms with Gasteiger partial charge in [-0.15, -0.1) is 11.3 Å². The maximum Gasteiger partial charge on any atom is 0.250 e. The van der Waals surface area contributed by atoms with Crippen LogP contribution >= 0.6 is 11.3 Å². The highest BCUT2D eigenvalue weighted by Gasteiger charge is 2.40. The monoisotopic (exact) mass is 330 g/mol. The lowest BCUT2D eigenvalue weighted by Crippen LogP contribution is -2.44. The Hall–Kier alpha value is -0.430. The molecule has 0 aromatic carbocycles. The zero-order valence-electron chi connectivity index (χ0n) is 13.1. The summed E-state index contributed by atoms with van der Waals surface area (Å²) in [5.41, 5.74) is -0.342. The van der Waals surface area contributed by atoms with Crippen LogP contribution in [0.15, 0.2) is 16.3 Å². The molecule has 1 aliphatic rings. The van der Waals surface area contributed by atoms with E-state index in [0.717, 1.165) is 43.6 Å². The van der Waals surface area contributed by atoms with Crippen LogP contribution in [0.3, 0.4) is 0 Å². The average molecular weight is 331 g/mol. The fraction of sp³-hybridized carbons (Fsp3) is 0.733. The molecule has 0 unspecified atom stereocenters. The molecule has 2 rings (SSSR count). The van der Waals surface area contributed by atoms with Crippen LogP contribution in [0.1, 0.15) is 44.9 Å². The first kappa shape index (κ1) is 16.9. The van der Waals surface area contributed by atoms with E-state index >= 15 is 0 Å². The lowest BCUT2D eigenvalue weighted by molar-refractivity contribution is 0.401. The van der Waals surface area contributed by atoms with E-state index in [-0.39, 0.29) is 5.54 Å². The number of hydrogen-bond donors (Lipinski definition) is 2. The molecule has 0 saturated heterocycles. The van der Waals surface area contributed by atoms with Gasteiger partial charge in [0.2, 0.25) is 0 Å². The maximum absolute atomic E-state index is 12.5. The Labute approximate surface area is 132 Å². The van der Waals surface area contributed by atoms with Gasteiger partial charge in [-0.3, -0.25) is 0 Å². The Bertz CT molecular complexity index is 560. The van der Waals surface area contributed by atoms with Gasteiger partial charge in [0.1, 0.15) is 4.21 Å². The molecule has 1 aromatic rings. The second-order valence-corrected chi connectivity index (χ2v) is 9.40. The summed E-state index contributed by atoms with van der Waals surface area (Å²) < 4.78 is 28.2. The van der Waals surface area contributed by atoms with Crippen molar-refractivity contribution in [3.63, 3.8) is 0 Å². The van der Waals surface area contributed by atoms with Crippen molar-refractivity contribution in [2.24, 2.45) is 5.92 Å². The molecule has 1 aromatic heterocycles. The van der Waals surface area contributed by atoms with Crippen LogP contribution in [0.25, 0.3) is 0 Å². The fourth-order valence-electron chi connectivity index (χ4n) is 2.44. The van der Waals surface area contributed by atoms with Crippen LogP contribution in [0.5, 0.6) is 0 Å². The Morgan fingerprint density at radius 3 is 2.62 bits per heavy atom. The molecule has 1 aliphatic carbocycles. The number of thiophene rings is 1. The summed E-state index contributed by atoms with van der Waals surface area (Å²) >= 11 is 1.38. The van der Waals surface area contributed by atoms with Crippen molar-refractivity contribution < 1.29 is 8.42 Å². The third-order valence-corrected chi connectivity index (χ3v) is 7.18. The summed E-state index contributed by atoms with van der Waals surface area (Å²) in [7, 11) is -3.39. The first-order valence-corrected chi connectivity index (χ1v) is 9.98. The molecule has 0 bridgehead atoms. The maximum atomic E-state index is 12.5. The Morgan fingerprint density at radius 2 is 2.00 bits per heavy atom. The molecular formula is C15H26N2O2S2. The topological polar surface area (TPSA) is 58.2 Å². The summed E-state index contributed by atoms with van der Waals surface area (Å²) in [6.07, 6.45) is 4.24. The predicted octanol–water partition coefficient (Wildman–Crippen LogP) is 2.76. The van der Waals surface area contributed by atoms with E-state index in [0.29, 0.717) is 10.1 Å². The van der Waals surface area contributed by atoms with Gasteiger partial charge in [-0.2, -0.15) is 0 Å². The third kappa shape index (κ3) is 4.77.